The highest BCUT2D eigenvalue weighted by molar-refractivity contribution is 5.73. The molecule has 1 N–H and O–H groups in total. The van der Waals surface area contributed by atoms with Gasteiger partial charge in [0, 0.05) is 11.6 Å². The number of aryl methyl sites for hydroxylation is 1. The SMILES string of the molecule is CCNC(C)c1ccc(-c2ccc(C)c(C)c2OC)cc1. The molecule has 0 saturated heterocycles. The average molecular weight is 283 g/mol. The van der Waals surface area contributed by atoms with Gasteiger partial charge in [0.2, 0.25) is 0 Å². The largest absolute Gasteiger partial charge is 0.496 e. The molecule has 1 unspecified atom stereocenters. The smallest absolute Gasteiger partial charge is 0.129 e. The van der Waals surface area contributed by atoms with Crippen LogP contribution in [0.1, 0.15) is 36.6 Å². The van der Waals surface area contributed by atoms with Crippen LogP contribution in [0.25, 0.3) is 11.1 Å². The third-order valence-corrected chi connectivity index (χ3v) is 4.11. The van der Waals surface area contributed by atoms with E-state index in [-0.39, 0.29) is 0 Å². The van der Waals surface area contributed by atoms with Crippen LogP contribution < -0.4 is 10.1 Å². The van der Waals surface area contributed by atoms with Gasteiger partial charge in [-0.1, -0.05) is 43.3 Å². The van der Waals surface area contributed by atoms with E-state index in [9.17, 15) is 0 Å². The molecular weight excluding hydrogens is 258 g/mol. The molecule has 0 fully saturated rings. The highest BCUT2D eigenvalue weighted by Crippen LogP contribution is 2.34. The number of methoxy groups -OCH3 is 1. The molecule has 0 amide bonds. The van der Waals surface area contributed by atoms with E-state index in [4.69, 9.17) is 4.74 Å². The van der Waals surface area contributed by atoms with Gasteiger partial charge >= 0.3 is 0 Å². The van der Waals surface area contributed by atoms with E-state index in [0.29, 0.717) is 6.04 Å². The number of hydrogen-bond acceptors (Lipinski definition) is 2. The molecular formula is C19H25NO. The Kier molecular flexibility index (Phi) is 5.03. The number of hydrogen-bond donors (Lipinski definition) is 1. The van der Waals surface area contributed by atoms with E-state index >= 15 is 0 Å². The van der Waals surface area contributed by atoms with Crippen molar-refractivity contribution in [3.05, 3.63) is 53.1 Å². The summed E-state index contributed by atoms with van der Waals surface area (Å²) in [4.78, 5) is 0. The normalized spacial score (nSPS) is 12.2. The Hall–Kier alpha value is -1.80. The maximum atomic E-state index is 5.62. The molecule has 0 bridgehead atoms. The third-order valence-electron chi connectivity index (χ3n) is 4.11. The van der Waals surface area contributed by atoms with Crippen molar-refractivity contribution in [1.82, 2.24) is 5.32 Å². The Bertz CT molecular complexity index is 602. The summed E-state index contributed by atoms with van der Waals surface area (Å²) in [7, 11) is 1.74. The Morgan fingerprint density at radius 2 is 1.71 bits per heavy atom. The summed E-state index contributed by atoms with van der Waals surface area (Å²) in [6.45, 7) is 9.52. The van der Waals surface area contributed by atoms with Crippen molar-refractivity contribution >= 4 is 0 Å². The van der Waals surface area contributed by atoms with Gasteiger partial charge < -0.3 is 10.1 Å². The molecule has 0 heterocycles. The molecule has 21 heavy (non-hydrogen) atoms. The zero-order valence-electron chi connectivity index (χ0n) is 13.7. The van der Waals surface area contributed by atoms with Crippen LogP contribution in [-0.4, -0.2) is 13.7 Å². The quantitative estimate of drug-likeness (QED) is 0.862. The second-order valence-electron chi connectivity index (χ2n) is 5.49. The van der Waals surface area contributed by atoms with Crippen LogP contribution in [0.15, 0.2) is 36.4 Å². The minimum atomic E-state index is 0.380. The summed E-state index contributed by atoms with van der Waals surface area (Å²) < 4.78 is 5.62. The van der Waals surface area contributed by atoms with E-state index in [1.165, 1.54) is 22.3 Å². The molecule has 2 aromatic carbocycles. The molecule has 2 rings (SSSR count). The van der Waals surface area contributed by atoms with Crippen molar-refractivity contribution in [2.75, 3.05) is 13.7 Å². The van der Waals surface area contributed by atoms with Crippen molar-refractivity contribution in [3.63, 3.8) is 0 Å². The lowest BCUT2D eigenvalue weighted by molar-refractivity contribution is 0.413. The van der Waals surface area contributed by atoms with Gasteiger partial charge in [-0.05, 0) is 49.6 Å². The fourth-order valence-electron chi connectivity index (χ4n) is 2.66. The molecule has 0 spiro atoms. The molecule has 0 aliphatic rings. The van der Waals surface area contributed by atoms with Gasteiger partial charge in [0.25, 0.3) is 0 Å². The molecule has 2 heteroatoms. The first-order valence-corrected chi connectivity index (χ1v) is 7.56. The van der Waals surface area contributed by atoms with Crippen molar-refractivity contribution in [2.45, 2.75) is 33.7 Å². The third kappa shape index (κ3) is 3.27. The topological polar surface area (TPSA) is 21.3 Å². The monoisotopic (exact) mass is 283 g/mol. The number of rotatable bonds is 5. The lowest BCUT2D eigenvalue weighted by atomic mass is 9.97. The second kappa shape index (κ2) is 6.77. The summed E-state index contributed by atoms with van der Waals surface area (Å²) in [5.74, 6) is 0.975. The van der Waals surface area contributed by atoms with Crippen LogP contribution >= 0.6 is 0 Å². The first kappa shape index (κ1) is 15.6. The Balaban J connectivity index is 2.37. The van der Waals surface area contributed by atoms with E-state index in [1.807, 2.05) is 0 Å². The average Bonchev–Trinajstić information content (AvgIpc) is 2.50. The lowest BCUT2D eigenvalue weighted by Crippen LogP contribution is -2.17. The standard InChI is InChI=1S/C19H25NO/c1-6-20-15(4)16-8-10-17(11-9-16)18-12-7-13(2)14(3)19(18)21-5/h7-12,15,20H,6H2,1-5H3. The minimum absolute atomic E-state index is 0.380. The molecule has 2 nitrogen and oxygen atoms in total. The van der Waals surface area contributed by atoms with Gasteiger partial charge in [-0.15, -0.1) is 0 Å². The zero-order chi connectivity index (χ0) is 15.4. The summed E-state index contributed by atoms with van der Waals surface area (Å²) >= 11 is 0. The van der Waals surface area contributed by atoms with E-state index < -0.39 is 0 Å². The van der Waals surface area contributed by atoms with Gasteiger partial charge in [0.1, 0.15) is 5.75 Å². The van der Waals surface area contributed by atoms with Crippen LogP contribution in [-0.2, 0) is 0 Å². The number of benzene rings is 2. The molecule has 0 aliphatic heterocycles. The summed E-state index contributed by atoms with van der Waals surface area (Å²) in [6, 6.07) is 13.4. The summed E-state index contributed by atoms with van der Waals surface area (Å²) in [5, 5.41) is 3.44. The predicted molar refractivity (Wildman–Crippen MR) is 90.0 cm³/mol. The maximum Gasteiger partial charge on any atom is 0.129 e. The van der Waals surface area contributed by atoms with Crippen LogP contribution in [0, 0.1) is 13.8 Å². The molecule has 112 valence electrons. The van der Waals surface area contributed by atoms with Gasteiger partial charge in [-0.25, -0.2) is 0 Å². The van der Waals surface area contributed by atoms with Crippen molar-refractivity contribution in [2.24, 2.45) is 0 Å². The zero-order valence-corrected chi connectivity index (χ0v) is 13.7. The Morgan fingerprint density at radius 1 is 1.05 bits per heavy atom. The van der Waals surface area contributed by atoms with Crippen molar-refractivity contribution in [3.8, 4) is 16.9 Å². The number of nitrogens with one attached hydrogen (secondary N) is 1. The van der Waals surface area contributed by atoms with Crippen molar-refractivity contribution in [1.29, 1.82) is 0 Å². The van der Waals surface area contributed by atoms with Gasteiger partial charge in [-0.3, -0.25) is 0 Å². The van der Waals surface area contributed by atoms with Crippen LogP contribution in [0.5, 0.6) is 5.75 Å². The molecule has 2 aromatic rings. The highest BCUT2D eigenvalue weighted by atomic mass is 16.5. The lowest BCUT2D eigenvalue weighted by Gasteiger charge is -2.16. The van der Waals surface area contributed by atoms with E-state index in [2.05, 4.69) is 69.4 Å². The van der Waals surface area contributed by atoms with Gasteiger partial charge in [0.05, 0.1) is 7.11 Å². The van der Waals surface area contributed by atoms with E-state index in [1.54, 1.807) is 7.11 Å². The molecule has 1 atom stereocenters. The highest BCUT2D eigenvalue weighted by Gasteiger charge is 2.11. The molecule has 0 aliphatic carbocycles. The first-order chi connectivity index (χ1) is 10.1. The minimum Gasteiger partial charge on any atom is -0.496 e. The molecule has 0 saturated carbocycles. The predicted octanol–water partition coefficient (Wildman–Crippen LogP) is 4.65. The molecule has 0 radical (unpaired) electrons. The van der Waals surface area contributed by atoms with Gasteiger partial charge in [-0.2, -0.15) is 0 Å². The molecule has 0 aromatic heterocycles. The van der Waals surface area contributed by atoms with Crippen LogP contribution in [0.2, 0.25) is 0 Å². The van der Waals surface area contributed by atoms with Crippen LogP contribution in [0.4, 0.5) is 0 Å². The summed E-state index contributed by atoms with van der Waals surface area (Å²) in [5.41, 5.74) is 6.13. The second-order valence-corrected chi connectivity index (χ2v) is 5.49. The Labute approximate surface area is 128 Å². The van der Waals surface area contributed by atoms with Crippen LogP contribution in [0.3, 0.4) is 0 Å². The fraction of sp³-hybridized carbons (Fsp3) is 0.368. The van der Waals surface area contributed by atoms with E-state index in [0.717, 1.165) is 17.9 Å². The van der Waals surface area contributed by atoms with Crippen molar-refractivity contribution < 1.29 is 4.74 Å². The number of ether oxygens (including phenoxy) is 1. The first-order valence-electron chi connectivity index (χ1n) is 7.56. The maximum absolute atomic E-state index is 5.62. The Morgan fingerprint density at radius 3 is 2.29 bits per heavy atom. The van der Waals surface area contributed by atoms with Gasteiger partial charge in [0.15, 0.2) is 0 Å². The summed E-state index contributed by atoms with van der Waals surface area (Å²) in [6.07, 6.45) is 0. The fourth-order valence-corrected chi connectivity index (χ4v) is 2.66.